The predicted molar refractivity (Wildman–Crippen MR) is 102 cm³/mol. The Hall–Kier alpha value is -1.76. The van der Waals surface area contributed by atoms with Gasteiger partial charge in [0.1, 0.15) is 10.7 Å². The summed E-state index contributed by atoms with van der Waals surface area (Å²) < 4.78 is 12.0. The van der Waals surface area contributed by atoms with Gasteiger partial charge in [-0.05, 0) is 12.5 Å². The minimum atomic E-state index is -1.25. The maximum atomic E-state index is 12.6. The number of fused-ring (bicyclic) bond motifs is 1. The van der Waals surface area contributed by atoms with Gasteiger partial charge in [-0.2, -0.15) is 0 Å². The molecule has 1 atom stereocenters. The molecule has 24 heavy (non-hydrogen) atoms. The van der Waals surface area contributed by atoms with Crippen molar-refractivity contribution in [3.05, 3.63) is 63.0 Å². The van der Waals surface area contributed by atoms with E-state index in [0.29, 0.717) is 21.1 Å². The number of halogens is 1. The van der Waals surface area contributed by atoms with Gasteiger partial charge in [-0.15, -0.1) is 11.3 Å². The lowest BCUT2D eigenvalue weighted by Gasteiger charge is -2.03. The van der Waals surface area contributed by atoms with E-state index in [4.69, 9.17) is 11.6 Å². The summed E-state index contributed by atoms with van der Waals surface area (Å²) in [6.45, 7) is 5.51. The first-order valence-electron chi connectivity index (χ1n) is 7.21. The van der Waals surface area contributed by atoms with E-state index in [1.54, 1.807) is 0 Å². The quantitative estimate of drug-likeness (QED) is 0.730. The molecule has 0 saturated carbocycles. The maximum absolute atomic E-state index is 12.6. The zero-order chi connectivity index (χ0) is 17.3. The van der Waals surface area contributed by atoms with Gasteiger partial charge < -0.3 is 4.98 Å². The number of aryl methyl sites for hydroxylation is 1. The molecule has 0 unspecified atom stereocenters. The first-order chi connectivity index (χ1) is 11.5. The van der Waals surface area contributed by atoms with E-state index < -0.39 is 10.8 Å². The Morgan fingerprint density at radius 2 is 2.08 bits per heavy atom. The summed E-state index contributed by atoms with van der Waals surface area (Å²) in [4.78, 5) is 21.5. The lowest BCUT2D eigenvalue weighted by Crippen LogP contribution is -2.13. The third kappa shape index (κ3) is 3.50. The van der Waals surface area contributed by atoms with Crippen LogP contribution in [0.2, 0.25) is 0 Å². The molecule has 0 fully saturated rings. The number of hydrogen-bond acceptors (Lipinski definition) is 4. The van der Waals surface area contributed by atoms with Crippen LogP contribution in [-0.4, -0.2) is 19.9 Å². The van der Waals surface area contributed by atoms with Crippen LogP contribution in [0.25, 0.3) is 21.3 Å². The van der Waals surface area contributed by atoms with Crippen LogP contribution in [0, 0.1) is 6.92 Å². The van der Waals surface area contributed by atoms with E-state index in [2.05, 4.69) is 16.5 Å². The number of rotatable bonds is 5. The lowest BCUT2D eigenvalue weighted by molar-refractivity contribution is 0.683. The molecular weight excluding hydrogens is 364 g/mol. The summed E-state index contributed by atoms with van der Waals surface area (Å²) in [5, 5.41) is 0.912. The SMILES string of the molecule is C=C(Cl)C[S@](=O)Cc1nc2sc(C)c(-c3ccccc3)c2c(=O)[nH]1. The number of thiophene rings is 1. The Morgan fingerprint density at radius 1 is 1.38 bits per heavy atom. The van der Waals surface area contributed by atoms with Crippen LogP contribution in [0.15, 0.2) is 46.7 Å². The van der Waals surface area contributed by atoms with E-state index in [1.165, 1.54) is 11.3 Å². The Labute approximate surface area is 150 Å². The number of nitrogens with zero attached hydrogens (tertiary/aromatic N) is 1. The fraction of sp³-hybridized carbons (Fsp3) is 0.176. The Morgan fingerprint density at radius 3 is 2.75 bits per heavy atom. The van der Waals surface area contributed by atoms with Gasteiger partial charge in [0.05, 0.1) is 16.9 Å². The van der Waals surface area contributed by atoms with Crippen LogP contribution in [0.1, 0.15) is 10.7 Å². The summed E-state index contributed by atoms with van der Waals surface area (Å²) in [6.07, 6.45) is 0. The van der Waals surface area contributed by atoms with Gasteiger partial charge in [0.25, 0.3) is 5.56 Å². The Balaban J connectivity index is 2.07. The van der Waals surface area contributed by atoms with Crippen LogP contribution < -0.4 is 5.56 Å². The highest BCUT2D eigenvalue weighted by atomic mass is 35.5. The highest BCUT2D eigenvalue weighted by Crippen LogP contribution is 2.35. The zero-order valence-corrected chi connectivity index (χ0v) is 15.4. The van der Waals surface area contributed by atoms with Gasteiger partial charge in [0.2, 0.25) is 0 Å². The number of benzene rings is 1. The molecule has 0 aliphatic rings. The molecule has 0 saturated heterocycles. The monoisotopic (exact) mass is 378 g/mol. The molecule has 0 aliphatic carbocycles. The van der Waals surface area contributed by atoms with Crippen molar-refractivity contribution in [3.8, 4) is 11.1 Å². The normalized spacial score (nSPS) is 12.4. The molecule has 4 nitrogen and oxygen atoms in total. The molecule has 0 aliphatic heterocycles. The Kier molecular flexibility index (Phi) is 4.99. The summed E-state index contributed by atoms with van der Waals surface area (Å²) >= 11 is 7.15. The van der Waals surface area contributed by atoms with Crippen molar-refractivity contribution in [2.45, 2.75) is 12.7 Å². The molecule has 3 rings (SSSR count). The fourth-order valence-corrected chi connectivity index (χ4v) is 4.89. The average Bonchev–Trinajstić information content (AvgIpc) is 2.83. The van der Waals surface area contributed by atoms with E-state index in [9.17, 15) is 9.00 Å². The molecule has 3 aromatic rings. The van der Waals surface area contributed by atoms with Gasteiger partial charge in [0, 0.05) is 26.3 Å². The molecule has 7 heteroatoms. The van der Waals surface area contributed by atoms with Crippen molar-refractivity contribution >= 4 is 44.0 Å². The lowest BCUT2D eigenvalue weighted by atomic mass is 10.0. The smallest absolute Gasteiger partial charge is 0.260 e. The fourth-order valence-electron chi connectivity index (χ4n) is 2.56. The van der Waals surface area contributed by atoms with E-state index in [0.717, 1.165) is 16.0 Å². The third-order valence-corrected chi connectivity index (χ3v) is 6.02. The van der Waals surface area contributed by atoms with E-state index in [1.807, 2.05) is 37.3 Å². The van der Waals surface area contributed by atoms with Gasteiger partial charge in [-0.1, -0.05) is 48.5 Å². The maximum Gasteiger partial charge on any atom is 0.260 e. The Bertz CT molecular complexity index is 993. The van der Waals surface area contributed by atoms with E-state index >= 15 is 0 Å². The molecule has 0 bridgehead atoms. The number of nitrogens with one attached hydrogen (secondary N) is 1. The second-order valence-electron chi connectivity index (χ2n) is 5.34. The summed E-state index contributed by atoms with van der Waals surface area (Å²) in [5.74, 6) is 0.737. The zero-order valence-electron chi connectivity index (χ0n) is 13.0. The van der Waals surface area contributed by atoms with Crippen molar-refractivity contribution in [2.75, 3.05) is 5.75 Å². The molecule has 0 spiro atoms. The molecule has 2 heterocycles. The molecule has 0 amide bonds. The van der Waals surface area contributed by atoms with E-state index in [-0.39, 0.29) is 17.1 Å². The summed E-state index contributed by atoms with van der Waals surface area (Å²) in [6, 6.07) is 9.77. The number of aromatic amines is 1. The van der Waals surface area contributed by atoms with Crippen molar-refractivity contribution in [1.82, 2.24) is 9.97 Å². The van der Waals surface area contributed by atoms with Crippen LogP contribution >= 0.6 is 22.9 Å². The molecule has 1 N–H and O–H groups in total. The minimum absolute atomic E-state index is 0.147. The second kappa shape index (κ2) is 7.01. The largest absolute Gasteiger partial charge is 0.309 e. The van der Waals surface area contributed by atoms with Crippen LogP contribution in [-0.2, 0) is 16.6 Å². The van der Waals surface area contributed by atoms with Crippen molar-refractivity contribution < 1.29 is 4.21 Å². The highest BCUT2D eigenvalue weighted by molar-refractivity contribution is 7.84. The van der Waals surface area contributed by atoms with Crippen molar-refractivity contribution in [1.29, 1.82) is 0 Å². The van der Waals surface area contributed by atoms with Gasteiger partial charge in [0.15, 0.2) is 0 Å². The summed E-state index contributed by atoms with van der Waals surface area (Å²) in [7, 11) is -1.25. The van der Waals surface area contributed by atoms with Crippen LogP contribution in [0.3, 0.4) is 0 Å². The highest BCUT2D eigenvalue weighted by Gasteiger charge is 2.17. The molecule has 124 valence electrons. The number of aromatic nitrogens is 2. The first-order valence-corrected chi connectivity index (χ1v) is 9.90. The number of hydrogen-bond donors (Lipinski definition) is 1. The van der Waals surface area contributed by atoms with Gasteiger partial charge in [-0.25, -0.2) is 4.98 Å². The third-order valence-electron chi connectivity index (χ3n) is 3.46. The molecule has 0 radical (unpaired) electrons. The van der Waals surface area contributed by atoms with Gasteiger partial charge >= 0.3 is 0 Å². The molecular formula is C17H15ClN2O2S2. The molecule has 1 aromatic carbocycles. The number of H-pyrrole nitrogens is 1. The van der Waals surface area contributed by atoms with Crippen LogP contribution in [0.5, 0.6) is 0 Å². The predicted octanol–water partition coefficient (Wildman–Crippen LogP) is 3.96. The summed E-state index contributed by atoms with van der Waals surface area (Å²) in [5.41, 5.74) is 1.69. The van der Waals surface area contributed by atoms with Crippen LogP contribution in [0.4, 0.5) is 0 Å². The average molecular weight is 379 g/mol. The topological polar surface area (TPSA) is 62.8 Å². The van der Waals surface area contributed by atoms with Crippen molar-refractivity contribution in [2.24, 2.45) is 0 Å². The second-order valence-corrected chi connectivity index (χ2v) is 8.53. The molecule has 2 aromatic heterocycles. The van der Waals surface area contributed by atoms with Crippen molar-refractivity contribution in [3.63, 3.8) is 0 Å². The standard InChI is InChI=1S/C17H15ClN2O2S2/c1-10(18)8-24(22)9-13-19-16(21)15-14(11(2)23-17(15)20-13)12-6-4-3-5-7-12/h3-7H,1,8-9H2,2H3,(H,19,20,21)/t24-/m0/s1. The van der Waals surface area contributed by atoms with Gasteiger partial charge in [-0.3, -0.25) is 9.00 Å². The minimum Gasteiger partial charge on any atom is -0.309 e. The first kappa shape index (κ1) is 17.1.